The van der Waals surface area contributed by atoms with Gasteiger partial charge in [0.05, 0.1) is 10.5 Å². The Hall–Kier alpha value is -3.67. The number of hydrogen-bond acceptors (Lipinski definition) is 5. The van der Waals surface area contributed by atoms with Gasteiger partial charge in [-0.2, -0.15) is 0 Å². The van der Waals surface area contributed by atoms with Gasteiger partial charge in [0.15, 0.2) is 0 Å². The SMILES string of the molecule is Cc1cc(Oc2ccc(C(=O)OCc3ccccc3)cc2)ccc1[N+](=O)[O-]. The van der Waals surface area contributed by atoms with E-state index in [-0.39, 0.29) is 12.3 Å². The average molecular weight is 363 g/mol. The van der Waals surface area contributed by atoms with Crippen molar-refractivity contribution in [2.24, 2.45) is 0 Å². The van der Waals surface area contributed by atoms with Crippen molar-refractivity contribution >= 4 is 11.7 Å². The standard InChI is InChI=1S/C21H17NO5/c1-15-13-19(11-12-20(15)22(24)25)27-18-9-7-17(8-10-18)21(23)26-14-16-5-3-2-4-6-16/h2-13H,14H2,1H3. The van der Waals surface area contributed by atoms with E-state index in [0.29, 0.717) is 22.6 Å². The molecule has 6 nitrogen and oxygen atoms in total. The van der Waals surface area contributed by atoms with Crippen LogP contribution in [0.25, 0.3) is 0 Å². The minimum atomic E-state index is -0.436. The molecule has 0 radical (unpaired) electrons. The highest BCUT2D eigenvalue weighted by atomic mass is 16.6. The van der Waals surface area contributed by atoms with Crippen molar-refractivity contribution < 1.29 is 19.2 Å². The molecule has 0 aromatic heterocycles. The number of aryl methyl sites for hydroxylation is 1. The molecule has 0 heterocycles. The molecule has 0 saturated carbocycles. The largest absolute Gasteiger partial charge is 0.457 e. The van der Waals surface area contributed by atoms with Gasteiger partial charge in [-0.1, -0.05) is 30.3 Å². The number of nitrogens with zero attached hydrogens (tertiary/aromatic N) is 1. The number of rotatable bonds is 6. The fourth-order valence-corrected chi connectivity index (χ4v) is 2.50. The van der Waals surface area contributed by atoms with E-state index >= 15 is 0 Å². The Kier molecular flexibility index (Phi) is 5.47. The Labute approximate surface area is 156 Å². The summed E-state index contributed by atoms with van der Waals surface area (Å²) in [7, 11) is 0. The van der Waals surface area contributed by atoms with Crippen molar-refractivity contribution in [3.05, 3.63) is 99.6 Å². The molecule has 0 spiro atoms. The van der Waals surface area contributed by atoms with Crippen molar-refractivity contribution in [3.8, 4) is 11.5 Å². The quantitative estimate of drug-likeness (QED) is 0.348. The van der Waals surface area contributed by atoms with E-state index in [1.54, 1.807) is 37.3 Å². The second kappa shape index (κ2) is 8.14. The second-order valence-corrected chi connectivity index (χ2v) is 5.89. The average Bonchev–Trinajstić information content (AvgIpc) is 2.67. The fourth-order valence-electron chi connectivity index (χ4n) is 2.50. The third-order valence-electron chi connectivity index (χ3n) is 3.90. The first-order chi connectivity index (χ1) is 13.0. The van der Waals surface area contributed by atoms with Crippen LogP contribution in [0.3, 0.4) is 0 Å². The van der Waals surface area contributed by atoms with Gasteiger partial charge >= 0.3 is 5.97 Å². The minimum absolute atomic E-state index is 0.0406. The molecule has 27 heavy (non-hydrogen) atoms. The van der Waals surface area contributed by atoms with E-state index in [2.05, 4.69) is 0 Å². The number of hydrogen-bond donors (Lipinski definition) is 0. The zero-order valence-electron chi connectivity index (χ0n) is 14.6. The molecule has 3 aromatic rings. The monoisotopic (exact) mass is 363 g/mol. The van der Waals surface area contributed by atoms with E-state index in [9.17, 15) is 14.9 Å². The summed E-state index contributed by atoms with van der Waals surface area (Å²) in [5.74, 6) is 0.581. The number of nitro benzene ring substituents is 1. The van der Waals surface area contributed by atoms with Gasteiger partial charge in [-0.15, -0.1) is 0 Å². The van der Waals surface area contributed by atoms with Crippen LogP contribution in [0.1, 0.15) is 21.5 Å². The van der Waals surface area contributed by atoms with Crippen LogP contribution in [-0.4, -0.2) is 10.9 Å². The summed E-state index contributed by atoms with van der Waals surface area (Å²) in [6.45, 7) is 1.86. The van der Waals surface area contributed by atoms with E-state index in [1.807, 2.05) is 30.3 Å². The molecule has 0 aliphatic carbocycles. The molecule has 0 fully saturated rings. The first-order valence-corrected chi connectivity index (χ1v) is 8.27. The normalized spacial score (nSPS) is 10.3. The molecule has 0 aliphatic rings. The molecule has 0 amide bonds. The lowest BCUT2D eigenvalue weighted by atomic mass is 10.2. The van der Waals surface area contributed by atoms with Gasteiger partial charge in [0, 0.05) is 11.6 Å². The molecule has 6 heteroatoms. The molecule has 0 aliphatic heterocycles. The number of nitro groups is 1. The highest BCUT2D eigenvalue weighted by Crippen LogP contribution is 2.27. The lowest BCUT2D eigenvalue weighted by Gasteiger charge is -2.08. The van der Waals surface area contributed by atoms with E-state index in [4.69, 9.17) is 9.47 Å². The second-order valence-electron chi connectivity index (χ2n) is 5.89. The van der Waals surface area contributed by atoms with Gasteiger partial charge in [0.2, 0.25) is 0 Å². The zero-order chi connectivity index (χ0) is 19.2. The summed E-state index contributed by atoms with van der Waals surface area (Å²) in [5, 5.41) is 10.9. The van der Waals surface area contributed by atoms with Crippen molar-refractivity contribution in [3.63, 3.8) is 0 Å². The molecule has 0 unspecified atom stereocenters. The Morgan fingerprint density at radius 3 is 2.26 bits per heavy atom. The van der Waals surface area contributed by atoms with Crippen LogP contribution in [0.15, 0.2) is 72.8 Å². The van der Waals surface area contributed by atoms with E-state index in [0.717, 1.165) is 5.56 Å². The smallest absolute Gasteiger partial charge is 0.338 e. The number of ether oxygens (including phenoxy) is 2. The Morgan fingerprint density at radius 1 is 0.963 bits per heavy atom. The summed E-state index contributed by atoms with van der Waals surface area (Å²) in [5.41, 5.74) is 1.88. The summed E-state index contributed by atoms with van der Waals surface area (Å²) < 4.78 is 11.0. The van der Waals surface area contributed by atoms with Gasteiger partial charge in [-0.3, -0.25) is 10.1 Å². The first-order valence-electron chi connectivity index (χ1n) is 8.27. The summed E-state index contributed by atoms with van der Waals surface area (Å²) in [6.07, 6.45) is 0. The molecular weight excluding hydrogens is 346 g/mol. The predicted molar refractivity (Wildman–Crippen MR) is 99.9 cm³/mol. The van der Waals surface area contributed by atoms with E-state index < -0.39 is 10.9 Å². The molecule has 0 bridgehead atoms. The third kappa shape index (κ3) is 4.70. The summed E-state index contributed by atoms with van der Waals surface area (Å²) >= 11 is 0. The van der Waals surface area contributed by atoms with Crippen molar-refractivity contribution in [1.29, 1.82) is 0 Å². The molecule has 0 N–H and O–H groups in total. The predicted octanol–water partition coefficient (Wildman–Crippen LogP) is 5.05. The van der Waals surface area contributed by atoms with E-state index in [1.165, 1.54) is 12.1 Å². The number of esters is 1. The Balaban J connectivity index is 1.62. The first kappa shape index (κ1) is 18.1. The van der Waals surface area contributed by atoms with Gasteiger partial charge in [0.1, 0.15) is 18.1 Å². The van der Waals surface area contributed by atoms with Crippen LogP contribution in [-0.2, 0) is 11.3 Å². The van der Waals surface area contributed by atoms with Gasteiger partial charge in [-0.05, 0) is 48.9 Å². The van der Waals surface area contributed by atoms with Crippen LogP contribution >= 0.6 is 0 Å². The highest BCUT2D eigenvalue weighted by molar-refractivity contribution is 5.89. The molecular formula is C21H17NO5. The van der Waals surface area contributed by atoms with Crippen LogP contribution < -0.4 is 4.74 Å². The summed E-state index contributed by atoms with van der Waals surface area (Å²) in [6, 6.07) is 20.5. The fraction of sp³-hybridized carbons (Fsp3) is 0.0952. The van der Waals surface area contributed by atoms with Gasteiger partial charge in [-0.25, -0.2) is 4.79 Å². The maximum absolute atomic E-state index is 12.1. The molecule has 0 atom stereocenters. The lowest BCUT2D eigenvalue weighted by Crippen LogP contribution is -2.05. The Bertz CT molecular complexity index is 952. The van der Waals surface area contributed by atoms with Crippen molar-refractivity contribution in [2.75, 3.05) is 0 Å². The number of carbonyl (C=O) groups excluding carboxylic acids is 1. The van der Waals surface area contributed by atoms with Crippen LogP contribution in [0.2, 0.25) is 0 Å². The summed E-state index contributed by atoms with van der Waals surface area (Å²) in [4.78, 5) is 22.5. The Morgan fingerprint density at radius 2 is 1.63 bits per heavy atom. The van der Waals surface area contributed by atoms with Crippen LogP contribution in [0, 0.1) is 17.0 Å². The maximum atomic E-state index is 12.1. The van der Waals surface area contributed by atoms with Crippen molar-refractivity contribution in [1.82, 2.24) is 0 Å². The lowest BCUT2D eigenvalue weighted by molar-refractivity contribution is -0.385. The molecule has 136 valence electrons. The van der Waals surface area contributed by atoms with Gasteiger partial charge < -0.3 is 9.47 Å². The topological polar surface area (TPSA) is 78.7 Å². The van der Waals surface area contributed by atoms with Crippen molar-refractivity contribution in [2.45, 2.75) is 13.5 Å². The van der Waals surface area contributed by atoms with Crippen LogP contribution in [0.5, 0.6) is 11.5 Å². The molecule has 0 saturated heterocycles. The van der Waals surface area contributed by atoms with Crippen LogP contribution in [0.4, 0.5) is 5.69 Å². The minimum Gasteiger partial charge on any atom is -0.457 e. The highest BCUT2D eigenvalue weighted by Gasteiger charge is 2.12. The molecule has 3 aromatic carbocycles. The zero-order valence-corrected chi connectivity index (χ0v) is 14.6. The molecule has 3 rings (SSSR count). The number of benzene rings is 3. The third-order valence-corrected chi connectivity index (χ3v) is 3.90. The number of carbonyl (C=O) groups is 1. The van der Waals surface area contributed by atoms with Gasteiger partial charge in [0.25, 0.3) is 5.69 Å². The maximum Gasteiger partial charge on any atom is 0.338 e.